The van der Waals surface area contributed by atoms with E-state index in [9.17, 15) is 9.59 Å². The molecule has 1 saturated heterocycles. The van der Waals surface area contributed by atoms with Crippen LogP contribution < -0.4 is 15.8 Å². The number of benzene rings is 1. The summed E-state index contributed by atoms with van der Waals surface area (Å²) in [6.07, 6.45) is 0.875. The molecule has 1 fully saturated rings. The first-order valence-corrected chi connectivity index (χ1v) is 9.55. The quantitative estimate of drug-likeness (QED) is 0.765. The van der Waals surface area contributed by atoms with Gasteiger partial charge in [-0.2, -0.15) is 0 Å². The summed E-state index contributed by atoms with van der Waals surface area (Å²) in [7, 11) is 0. The molecule has 0 atom stereocenters. The number of hydrogen-bond acceptors (Lipinski definition) is 4. The van der Waals surface area contributed by atoms with Gasteiger partial charge in [-0.05, 0) is 56.6 Å². The fourth-order valence-electron chi connectivity index (χ4n) is 3.41. The average Bonchev–Trinajstić information content (AvgIpc) is 2.65. The Morgan fingerprint density at radius 1 is 1.11 bits per heavy atom. The molecule has 144 valence electrons. The van der Waals surface area contributed by atoms with E-state index in [1.54, 1.807) is 19.1 Å². The Morgan fingerprint density at radius 3 is 2.59 bits per heavy atom. The second-order valence-electron chi connectivity index (χ2n) is 7.16. The molecular weight excluding hydrogens is 340 g/mol. The number of aromatic amines is 1. The molecule has 1 amide bonds. The molecule has 2 heterocycles. The van der Waals surface area contributed by atoms with Crippen LogP contribution in [0.1, 0.15) is 28.0 Å². The fourth-order valence-corrected chi connectivity index (χ4v) is 3.41. The van der Waals surface area contributed by atoms with Gasteiger partial charge in [0.1, 0.15) is 5.56 Å². The van der Waals surface area contributed by atoms with Gasteiger partial charge in [-0.25, -0.2) is 0 Å². The molecule has 0 bridgehead atoms. The fraction of sp³-hybridized carbons (Fsp3) is 0.429. The Morgan fingerprint density at radius 2 is 1.89 bits per heavy atom. The van der Waals surface area contributed by atoms with Crippen molar-refractivity contribution in [3.05, 3.63) is 63.6 Å². The molecule has 0 aliphatic carbocycles. The van der Waals surface area contributed by atoms with Crippen LogP contribution in [-0.4, -0.2) is 55.1 Å². The largest absolute Gasteiger partial charge is 0.369 e. The van der Waals surface area contributed by atoms with Crippen molar-refractivity contribution < 1.29 is 4.79 Å². The average molecular weight is 368 g/mol. The van der Waals surface area contributed by atoms with Crippen LogP contribution in [0.25, 0.3) is 0 Å². The molecule has 0 radical (unpaired) electrons. The zero-order valence-electron chi connectivity index (χ0n) is 16.1. The SMILES string of the molecule is Cc1cccc(N2CCN(CCCNC(=O)c3ccc(C)[nH]c3=O)CC2)c1. The highest BCUT2D eigenvalue weighted by atomic mass is 16.2. The first-order chi connectivity index (χ1) is 13.0. The molecule has 0 unspecified atom stereocenters. The van der Waals surface area contributed by atoms with E-state index in [0.29, 0.717) is 6.54 Å². The van der Waals surface area contributed by atoms with Crippen LogP contribution in [0.4, 0.5) is 5.69 Å². The van der Waals surface area contributed by atoms with Gasteiger partial charge in [-0.3, -0.25) is 14.5 Å². The first kappa shape index (κ1) is 19.2. The summed E-state index contributed by atoms with van der Waals surface area (Å²) < 4.78 is 0. The van der Waals surface area contributed by atoms with Gasteiger partial charge in [0.05, 0.1) is 0 Å². The zero-order chi connectivity index (χ0) is 19.2. The van der Waals surface area contributed by atoms with Gasteiger partial charge in [-0.15, -0.1) is 0 Å². The van der Waals surface area contributed by atoms with Crippen molar-refractivity contribution in [2.75, 3.05) is 44.2 Å². The summed E-state index contributed by atoms with van der Waals surface area (Å²) in [6, 6.07) is 12.0. The zero-order valence-corrected chi connectivity index (χ0v) is 16.1. The summed E-state index contributed by atoms with van der Waals surface area (Å²) >= 11 is 0. The van der Waals surface area contributed by atoms with Gasteiger partial charge >= 0.3 is 0 Å². The number of rotatable bonds is 6. The molecule has 1 aliphatic heterocycles. The lowest BCUT2D eigenvalue weighted by atomic mass is 10.2. The number of anilines is 1. The topological polar surface area (TPSA) is 68.4 Å². The van der Waals surface area contributed by atoms with Gasteiger partial charge in [-0.1, -0.05) is 12.1 Å². The van der Waals surface area contributed by atoms with Gasteiger partial charge in [0.15, 0.2) is 0 Å². The highest BCUT2D eigenvalue weighted by molar-refractivity contribution is 5.93. The number of carbonyl (C=O) groups excluding carboxylic acids is 1. The Hall–Kier alpha value is -2.60. The number of carbonyl (C=O) groups is 1. The molecule has 3 rings (SSSR count). The third-order valence-electron chi connectivity index (χ3n) is 4.98. The Kier molecular flexibility index (Phi) is 6.29. The predicted octanol–water partition coefficient (Wildman–Crippen LogP) is 1.93. The van der Waals surface area contributed by atoms with Crippen LogP contribution in [0.15, 0.2) is 41.2 Å². The molecule has 6 nitrogen and oxygen atoms in total. The molecule has 0 saturated carbocycles. The summed E-state index contributed by atoms with van der Waals surface area (Å²) in [5, 5.41) is 2.84. The lowest BCUT2D eigenvalue weighted by Crippen LogP contribution is -2.47. The lowest BCUT2D eigenvalue weighted by molar-refractivity contribution is 0.0950. The van der Waals surface area contributed by atoms with Crippen LogP contribution in [0.2, 0.25) is 0 Å². The van der Waals surface area contributed by atoms with E-state index in [4.69, 9.17) is 0 Å². The smallest absolute Gasteiger partial charge is 0.260 e. The van der Waals surface area contributed by atoms with Gasteiger partial charge in [0.2, 0.25) is 0 Å². The summed E-state index contributed by atoms with van der Waals surface area (Å²) in [6.45, 7) is 9.54. The minimum Gasteiger partial charge on any atom is -0.369 e. The minimum atomic E-state index is -0.334. The van der Waals surface area contributed by atoms with E-state index in [1.807, 2.05) is 0 Å². The molecule has 1 aromatic heterocycles. The number of aryl methyl sites for hydroxylation is 2. The van der Waals surface area contributed by atoms with Gasteiger partial charge in [0.25, 0.3) is 11.5 Å². The molecule has 2 aromatic rings. The molecule has 2 N–H and O–H groups in total. The first-order valence-electron chi connectivity index (χ1n) is 9.55. The third kappa shape index (κ3) is 5.20. The second kappa shape index (κ2) is 8.86. The maximum atomic E-state index is 12.1. The van der Waals surface area contributed by atoms with Crippen LogP contribution in [0.5, 0.6) is 0 Å². The highest BCUT2D eigenvalue weighted by Crippen LogP contribution is 2.17. The number of nitrogens with one attached hydrogen (secondary N) is 2. The highest BCUT2D eigenvalue weighted by Gasteiger charge is 2.17. The Labute approximate surface area is 160 Å². The Bertz CT molecular complexity index is 838. The van der Waals surface area contributed by atoms with Crippen LogP contribution in [0, 0.1) is 13.8 Å². The monoisotopic (exact) mass is 368 g/mol. The van der Waals surface area contributed by atoms with E-state index in [2.05, 4.69) is 51.3 Å². The van der Waals surface area contributed by atoms with Crippen LogP contribution in [0.3, 0.4) is 0 Å². The van der Waals surface area contributed by atoms with Crippen molar-refractivity contribution in [3.8, 4) is 0 Å². The van der Waals surface area contributed by atoms with Crippen molar-refractivity contribution in [2.24, 2.45) is 0 Å². The van der Waals surface area contributed by atoms with Crippen molar-refractivity contribution in [1.82, 2.24) is 15.2 Å². The van der Waals surface area contributed by atoms with Gasteiger partial charge in [0, 0.05) is 44.1 Å². The maximum Gasteiger partial charge on any atom is 0.260 e. The maximum absolute atomic E-state index is 12.1. The predicted molar refractivity (Wildman–Crippen MR) is 109 cm³/mol. The van der Waals surface area contributed by atoms with Crippen LogP contribution >= 0.6 is 0 Å². The Balaban J connectivity index is 1.38. The minimum absolute atomic E-state index is 0.173. The van der Waals surface area contributed by atoms with E-state index >= 15 is 0 Å². The van der Waals surface area contributed by atoms with Crippen LogP contribution in [-0.2, 0) is 0 Å². The van der Waals surface area contributed by atoms with Crippen molar-refractivity contribution in [2.45, 2.75) is 20.3 Å². The third-order valence-corrected chi connectivity index (χ3v) is 4.98. The van der Waals surface area contributed by atoms with Crippen molar-refractivity contribution in [3.63, 3.8) is 0 Å². The van der Waals surface area contributed by atoms with Gasteiger partial charge < -0.3 is 15.2 Å². The second-order valence-corrected chi connectivity index (χ2v) is 7.16. The van der Waals surface area contributed by atoms with Crippen molar-refractivity contribution >= 4 is 11.6 Å². The number of amides is 1. The lowest BCUT2D eigenvalue weighted by Gasteiger charge is -2.36. The van der Waals surface area contributed by atoms with E-state index in [1.165, 1.54) is 11.3 Å². The molecule has 1 aliphatic rings. The molecular formula is C21H28N4O2. The number of pyridine rings is 1. The number of H-pyrrole nitrogens is 1. The number of piperazine rings is 1. The van der Waals surface area contributed by atoms with Crippen molar-refractivity contribution in [1.29, 1.82) is 0 Å². The number of hydrogen-bond donors (Lipinski definition) is 2. The molecule has 0 spiro atoms. The molecule has 6 heteroatoms. The number of nitrogens with zero attached hydrogens (tertiary/aromatic N) is 2. The molecule has 27 heavy (non-hydrogen) atoms. The van der Waals surface area contributed by atoms with E-state index in [-0.39, 0.29) is 17.0 Å². The standard InChI is InChI=1S/C21H28N4O2/c1-16-5-3-6-18(15-16)25-13-11-24(12-14-25)10-4-9-22-20(26)19-8-7-17(2)23-21(19)27/h3,5-8,15H,4,9-14H2,1-2H3,(H,22,26)(H,23,27). The molecule has 1 aromatic carbocycles. The van der Waals surface area contributed by atoms with E-state index < -0.39 is 0 Å². The normalized spacial score (nSPS) is 15.0. The van der Waals surface area contributed by atoms with E-state index in [0.717, 1.165) is 44.8 Å². The summed E-state index contributed by atoms with van der Waals surface area (Å²) in [5.74, 6) is -0.305. The number of aromatic nitrogens is 1. The summed E-state index contributed by atoms with van der Waals surface area (Å²) in [4.78, 5) is 31.4. The summed E-state index contributed by atoms with van der Waals surface area (Å²) in [5.41, 5.74) is 3.18.